The first-order chi connectivity index (χ1) is 14.6. The molecule has 0 radical (unpaired) electrons. The van der Waals surface area contributed by atoms with Gasteiger partial charge in [-0.15, -0.1) is 0 Å². The molecule has 0 aromatic heterocycles. The molecular weight excluding hydrogens is 400 g/mol. The Balaban J connectivity index is 1.78. The Bertz CT molecular complexity index is 909. The molecule has 7 atom stereocenters. The van der Waals surface area contributed by atoms with E-state index >= 15 is 0 Å². The maximum atomic E-state index is 12.0. The number of phenols is 1. The van der Waals surface area contributed by atoms with E-state index in [-0.39, 0.29) is 23.5 Å². The Hall–Kier alpha value is -2.57. The minimum absolute atomic E-state index is 0.120. The second kappa shape index (κ2) is 7.84. The highest BCUT2D eigenvalue weighted by Gasteiger charge is 2.67. The molecule has 2 fully saturated rings. The highest BCUT2D eigenvalue weighted by atomic mass is 16.6. The van der Waals surface area contributed by atoms with Gasteiger partial charge in [-0.25, -0.2) is 0 Å². The standard InChI is InChI=1S/C24H30O7/c1-12(25)29-21-20-19-7-5-15-11-16(28)6-8-17(15)18(19)9-10-24(20,4)23(31-14(3)27)22(21)30-13(2)26/h6,8,11,18-23,28H,5,7,9-10H2,1-4H3/t18-,19-,20-,21-,22-,23+,24+/m1/s1. The summed E-state index contributed by atoms with van der Waals surface area (Å²) in [5.41, 5.74) is 1.89. The van der Waals surface area contributed by atoms with E-state index in [1.165, 1.54) is 26.3 Å². The highest BCUT2D eigenvalue weighted by Crippen LogP contribution is 2.62. The van der Waals surface area contributed by atoms with Gasteiger partial charge < -0.3 is 19.3 Å². The Kier molecular flexibility index (Phi) is 5.48. The van der Waals surface area contributed by atoms with Crippen molar-refractivity contribution in [1.29, 1.82) is 0 Å². The van der Waals surface area contributed by atoms with Crippen molar-refractivity contribution in [3.63, 3.8) is 0 Å². The molecule has 0 bridgehead atoms. The van der Waals surface area contributed by atoms with Gasteiger partial charge in [0.05, 0.1) is 0 Å². The lowest BCUT2D eigenvalue weighted by atomic mass is 9.55. The summed E-state index contributed by atoms with van der Waals surface area (Å²) >= 11 is 0. The fourth-order valence-corrected chi connectivity index (χ4v) is 6.58. The molecule has 0 saturated heterocycles. The van der Waals surface area contributed by atoms with E-state index in [1.807, 2.05) is 12.1 Å². The second-order valence-electron chi connectivity index (χ2n) is 9.44. The van der Waals surface area contributed by atoms with Crippen molar-refractivity contribution in [3.05, 3.63) is 29.3 Å². The summed E-state index contributed by atoms with van der Waals surface area (Å²) in [6.07, 6.45) is 1.10. The normalized spacial score (nSPS) is 35.9. The minimum atomic E-state index is -0.833. The highest BCUT2D eigenvalue weighted by molar-refractivity contribution is 5.69. The molecule has 7 nitrogen and oxygen atoms in total. The molecule has 1 N–H and O–H groups in total. The quantitative estimate of drug-likeness (QED) is 0.580. The zero-order chi connectivity index (χ0) is 22.5. The van der Waals surface area contributed by atoms with Crippen LogP contribution in [0.5, 0.6) is 5.75 Å². The number of ether oxygens (including phenoxy) is 3. The molecule has 7 heteroatoms. The molecule has 0 amide bonds. The third kappa shape index (κ3) is 3.68. The smallest absolute Gasteiger partial charge is 0.303 e. The fraction of sp³-hybridized carbons (Fsp3) is 0.625. The molecule has 1 aromatic carbocycles. The molecule has 0 unspecified atom stereocenters. The monoisotopic (exact) mass is 430 g/mol. The van der Waals surface area contributed by atoms with Crippen LogP contribution in [0.25, 0.3) is 0 Å². The first-order valence-corrected chi connectivity index (χ1v) is 10.9. The summed E-state index contributed by atoms with van der Waals surface area (Å²) in [5, 5.41) is 9.90. The molecule has 0 spiro atoms. The average molecular weight is 430 g/mol. The van der Waals surface area contributed by atoms with Crippen LogP contribution in [0.4, 0.5) is 0 Å². The number of esters is 3. The predicted octanol–water partition coefficient (Wildman–Crippen LogP) is 3.26. The average Bonchev–Trinajstić information content (AvgIpc) is 2.88. The van der Waals surface area contributed by atoms with Crippen LogP contribution in [0.2, 0.25) is 0 Å². The van der Waals surface area contributed by atoms with Crippen molar-refractivity contribution >= 4 is 17.9 Å². The number of aromatic hydroxyl groups is 1. The van der Waals surface area contributed by atoms with Gasteiger partial charge in [-0.2, -0.15) is 0 Å². The number of benzene rings is 1. The van der Waals surface area contributed by atoms with Gasteiger partial charge in [0.25, 0.3) is 0 Å². The van der Waals surface area contributed by atoms with Crippen LogP contribution in [-0.2, 0) is 35.0 Å². The van der Waals surface area contributed by atoms with Crippen LogP contribution < -0.4 is 0 Å². The molecule has 168 valence electrons. The van der Waals surface area contributed by atoms with Gasteiger partial charge >= 0.3 is 17.9 Å². The van der Waals surface area contributed by atoms with Crippen molar-refractivity contribution in [2.75, 3.05) is 0 Å². The van der Waals surface area contributed by atoms with Crippen LogP contribution in [0, 0.1) is 17.3 Å². The van der Waals surface area contributed by atoms with Crippen LogP contribution in [-0.4, -0.2) is 41.3 Å². The van der Waals surface area contributed by atoms with Gasteiger partial charge in [-0.3, -0.25) is 14.4 Å². The van der Waals surface area contributed by atoms with E-state index in [4.69, 9.17) is 14.2 Å². The third-order valence-corrected chi connectivity index (χ3v) is 7.53. The Morgan fingerprint density at radius 2 is 1.61 bits per heavy atom. The molecule has 3 aliphatic rings. The maximum absolute atomic E-state index is 12.0. The Morgan fingerprint density at radius 3 is 2.26 bits per heavy atom. The number of carbonyl (C=O) groups is 3. The number of fused-ring (bicyclic) bond motifs is 5. The third-order valence-electron chi connectivity index (χ3n) is 7.53. The van der Waals surface area contributed by atoms with E-state index in [9.17, 15) is 19.5 Å². The van der Waals surface area contributed by atoms with Gasteiger partial charge in [0.1, 0.15) is 18.0 Å². The number of carbonyl (C=O) groups excluding carboxylic acids is 3. The molecule has 0 aliphatic heterocycles. The number of aryl methyl sites for hydroxylation is 1. The maximum Gasteiger partial charge on any atom is 0.303 e. The van der Waals surface area contributed by atoms with Crippen molar-refractivity contribution in [3.8, 4) is 5.75 Å². The second-order valence-corrected chi connectivity index (χ2v) is 9.44. The van der Waals surface area contributed by atoms with E-state index in [0.29, 0.717) is 0 Å². The fourth-order valence-electron chi connectivity index (χ4n) is 6.58. The van der Waals surface area contributed by atoms with Gasteiger partial charge in [0.15, 0.2) is 6.10 Å². The summed E-state index contributed by atoms with van der Waals surface area (Å²) in [5.74, 6) is -0.823. The van der Waals surface area contributed by atoms with Crippen molar-refractivity contribution in [1.82, 2.24) is 0 Å². The lowest BCUT2D eigenvalue weighted by Gasteiger charge is -2.50. The van der Waals surface area contributed by atoms with Gasteiger partial charge in [0, 0.05) is 32.1 Å². The molecule has 3 aliphatic carbocycles. The van der Waals surface area contributed by atoms with Crippen LogP contribution in [0.1, 0.15) is 64.0 Å². The summed E-state index contributed by atoms with van der Waals surface area (Å²) in [6.45, 7) is 6.07. The molecule has 4 rings (SSSR count). The van der Waals surface area contributed by atoms with Crippen LogP contribution >= 0.6 is 0 Å². The summed E-state index contributed by atoms with van der Waals surface area (Å²) in [6, 6.07) is 5.55. The van der Waals surface area contributed by atoms with Crippen LogP contribution in [0.15, 0.2) is 18.2 Å². The van der Waals surface area contributed by atoms with E-state index in [1.54, 1.807) is 6.07 Å². The minimum Gasteiger partial charge on any atom is -0.508 e. The largest absolute Gasteiger partial charge is 0.508 e. The molecular formula is C24H30O7. The number of hydrogen-bond acceptors (Lipinski definition) is 7. The van der Waals surface area contributed by atoms with E-state index < -0.39 is 41.6 Å². The van der Waals surface area contributed by atoms with Crippen molar-refractivity contribution in [2.24, 2.45) is 17.3 Å². The zero-order valence-electron chi connectivity index (χ0n) is 18.4. The zero-order valence-corrected chi connectivity index (χ0v) is 18.4. The first kappa shape index (κ1) is 21.7. The van der Waals surface area contributed by atoms with Crippen molar-refractivity contribution < 1.29 is 33.7 Å². The van der Waals surface area contributed by atoms with Gasteiger partial charge in [0.2, 0.25) is 0 Å². The number of rotatable bonds is 3. The Morgan fingerprint density at radius 1 is 0.968 bits per heavy atom. The number of hydrogen-bond donors (Lipinski definition) is 1. The molecule has 2 saturated carbocycles. The Labute approximate surface area is 182 Å². The van der Waals surface area contributed by atoms with E-state index in [2.05, 4.69) is 6.92 Å². The molecule has 0 heterocycles. The topological polar surface area (TPSA) is 99.1 Å². The van der Waals surface area contributed by atoms with Crippen LogP contribution in [0.3, 0.4) is 0 Å². The first-order valence-electron chi connectivity index (χ1n) is 10.9. The summed E-state index contributed by atoms with van der Waals surface area (Å²) in [4.78, 5) is 35.9. The summed E-state index contributed by atoms with van der Waals surface area (Å²) < 4.78 is 17.1. The summed E-state index contributed by atoms with van der Waals surface area (Å²) in [7, 11) is 0. The molecule has 31 heavy (non-hydrogen) atoms. The number of phenolic OH excluding ortho intramolecular Hbond substituents is 1. The van der Waals surface area contributed by atoms with Crippen molar-refractivity contribution in [2.45, 2.75) is 77.6 Å². The lowest BCUT2D eigenvalue weighted by Crippen LogP contribution is -2.47. The lowest BCUT2D eigenvalue weighted by molar-refractivity contribution is -0.178. The molecule has 1 aromatic rings. The van der Waals surface area contributed by atoms with E-state index in [0.717, 1.165) is 31.2 Å². The van der Waals surface area contributed by atoms with Gasteiger partial charge in [-0.1, -0.05) is 13.0 Å². The SMILES string of the molecule is CC(=O)O[C@@H]1[C@H](OC(C)=O)[C@H]2[C@@H]3CCc4cc(O)ccc4[C@H]3CC[C@]2(C)[C@H]1OC(C)=O. The van der Waals surface area contributed by atoms with Gasteiger partial charge in [-0.05, 0) is 60.8 Å². The predicted molar refractivity (Wildman–Crippen MR) is 110 cm³/mol.